The van der Waals surface area contributed by atoms with Gasteiger partial charge in [-0.05, 0) is 36.8 Å². The highest BCUT2D eigenvalue weighted by Crippen LogP contribution is 2.32. The molecule has 0 saturated carbocycles. The van der Waals surface area contributed by atoms with Crippen molar-refractivity contribution in [1.82, 2.24) is 15.5 Å². The molecule has 1 saturated heterocycles. The standard InChI is InChI=1S/C24H26Cl2N4O3/c1-2-33-23(31)21-20(27-24(32)28-22(21)18-8-3-4-9-19(18)26)15-29-10-12-30(13-11-29)17-7-5-6-16(25)14-17/h3-9,14,22H,2,10-13,15H2,1H3,(H2,27,28,32)/t22-/m1/s1. The van der Waals surface area contributed by atoms with E-state index >= 15 is 0 Å². The summed E-state index contributed by atoms with van der Waals surface area (Å²) in [4.78, 5) is 30.0. The largest absolute Gasteiger partial charge is 0.463 e. The predicted octanol–water partition coefficient (Wildman–Crippen LogP) is 3.99. The maximum Gasteiger partial charge on any atom is 0.338 e. The van der Waals surface area contributed by atoms with Crippen LogP contribution >= 0.6 is 23.2 Å². The van der Waals surface area contributed by atoms with E-state index in [-0.39, 0.29) is 12.6 Å². The van der Waals surface area contributed by atoms with E-state index in [2.05, 4.69) is 20.4 Å². The molecule has 0 aromatic heterocycles. The number of halogens is 2. The lowest BCUT2D eigenvalue weighted by Crippen LogP contribution is -2.51. The van der Waals surface area contributed by atoms with Crippen LogP contribution in [-0.2, 0) is 9.53 Å². The monoisotopic (exact) mass is 488 g/mol. The van der Waals surface area contributed by atoms with Crippen LogP contribution in [0.4, 0.5) is 10.5 Å². The van der Waals surface area contributed by atoms with E-state index in [1.165, 1.54) is 0 Å². The van der Waals surface area contributed by atoms with Crippen molar-refractivity contribution in [2.24, 2.45) is 0 Å². The smallest absolute Gasteiger partial charge is 0.338 e. The fourth-order valence-corrected chi connectivity index (χ4v) is 4.62. The molecular formula is C24H26Cl2N4O3. The number of rotatable bonds is 6. The van der Waals surface area contributed by atoms with Crippen molar-refractivity contribution in [3.05, 3.63) is 75.4 Å². The molecule has 2 aliphatic rings. The Morgan fingerprint density at radius 2 is 1.85 bits per heavy atom. The summed E-state index contributed by atoms with van der Waals surface area (Å²) in [7, 11) is 0. The van der Waals surface area contributed by atoms with Gasteiger partial charge in [0, 0.05) is 54.2 Å². The maximum absolute atomic E-state index is 13.0. The number of piperazine rings is 1. The van der Waals surface area contributed by atoms with Crippen LogP contribution in [0.5, 0.6) is 0 Å². The Hall–Kier alpha value is -2.74. The first kappa shape index (κ1) is 23.4. The molecule has 0 radical (unpaired) electrons. The van der Waals surface area contributed by atoms with E-state index in [0.29, 0.717) is 33.4 Å². The van der Waals surface area contributed by atoms with Crippen LogP contribution in [0.25, 0.3) is 0 Å². The van der Waals surface area contributed by atoms with Crippen LogP contribution in [0.1, 0.15) is 18.5 Å². The zero-order valence-electron chi connectivity index (χ0n) is 18.3. The Labute approximate surface area is 203 Å². The first-order chi connectivity index (χ1) is 16.0. The molecule has 2 aromatic rings. The summed E-state index contributed by atoms with van der Waals surface area (Å²) in [5.74, 6) is -0.470. The van der Waals surface area contributed by atoms with Gasteiger partial charge in [0.1, 0.15) is 0 Å². The molecule has 2 N–H and O–H groups in total. The predicted molar refractivity (Wildman–Crippen MR) is 130 cm³/mol. The summed E-state index contributed by atoms with van der Waals surface area (Å²) in [5.41, 5.74) is 2.66. The molecule has 0 aliphatic carbocycles. The number of hydrogen-bond donors (Lipinski definition) is 2. The molecule has 2 aliphatic heterocycles. The number of nitrogens with one attached hydrogen (secondary N) is 2. The number of urea groups is 1. The molecular weight excluding hydrogens is 463 g/mol. The van der Waals surface area contributed by atoms with Gasteiger partial charge in [0.2, 0.25) is 0 Å². The van der Waals surface area contributed by atoms with Gasteiger partial charge in [-0.25, -0.2) is 9.59 Å². The van der Waals surface area contributed by atoms with E-state index in [1.807, 2.05) is 36.4 Å². The van der Waals surface area contributed by atoms with Crippen LogP contribution in [0.2, 0.25) is 10.0 Å². The van der Waals surface area contributed by atoms with E-state index in [9.17, 15) is 9.59 Å². The fraction of sp³-hybridized carbons (Fsp3) is 0.333. The minimum absolute atomic E-state index is 0.233. The Kier molecular flexibility index (Phi) is 7.42. The summed E-state index contributed by atoms with van der Waals surface area (Å²) in [6.07, 6.45) is 0. The molecule has 33 heavy (non-hydrogen) atoms. The molecule has 0 spiro atoms. The highest BCUT2D eigenvalue weighted by molar-refractivity contribution is 6.31. The second-order valence-corrected chi connectivity index (χ2v) is 8.75. The van der Waals surface area contributed by atoms with Crippen molar-refractivity contribution in [2.45, 2.75) is 13.0 Å². The average Bonchev–Trinajstić information content (AvgIpc) is 2.79. The van der Waals surface area contributed by atoms with Crippen LogP contribution in [0, 0.1) is 0 Å². The Morgan fingerprint density at radius 3 is 2.55 bits per heavy atom. The highest BCUT2D eigenvalue weighted by Gasteiger charge is 2.35. The Morgan fingerprint density at radius 1 is 1.09 bits per heavy atom. The van der Waals surface area contributed by atoms with Crippen molar-refractivity contribution >= 4 is 40.9 Å². The number of ether oxygens (including phenoxy) is 1. The molecule has 2 heterocycles. The fourth-order valence-electron chi connectivity index (χ4n) is 4.20. The number of hydrogen-bond acceptors (Lipinski definition) is 5. The summed E-state index contributed by atoms with van der Waals surface area (Å²) in [5, 5.41) is 6.85. The normalized spacial score (nSPS) is 19.2. The van der Waals surface area contributed by atoms with Crippen LogP contribution in [0.3, 0.4) is 0 Å². The SMILES string of the molecule is CCOC(=O)C1=C(CN2CCN(c3cccc(Cl)c3)CC2)NC(=O)N[C@@H]1c1ccccc1Cl. The molecule has 0 unspecified atom stereocenters. The second kappa shape index (κ2) is 10.5. The molecule has 1 fully saturated rings. The molecule has 7 nitrogen and oxygen atoms in total. The summed E-state index contributed by atoms with van der Waals surface area (Å²) in [6, 6.07) is 13.9. The van der Waals surface area contributed by atoms with Gasteiger partial charge in [0.05, 0.1) is 18.2 Å². The number of benzene rings is 2. The third kappa shape index (κ3) is 5.43. The maximum atomic E-state index is 13.0. The summed E-state index contributed by atoms with van der Waals surface area (Å²) >= 11 is 12.5. The number of carbonyl (C=O) groups is 2. The molecule has 174 valence electrons. The topological polar surface area (TPSA) is 73.9 Å². The third-order valence-corrected chi connectivity index (χ3v) is 6.37. The van der Waals surface area contributed by atoms with E-state index < -0.39 is 12.0 Å². The average molecular weight is 489 g/mol. The number of nitrogens with zero attached hydrogens (tertiary/aromatic N) is 2. The summed E-state index contributed by atoms with van der Waals surface area (Å²) in [6.45, 7) is 5.57. The van der Waals surface area contributed by atoms with Gasteiger partial charge < -0.3 is 20.3 Å². The van der Waals surface area contributed by atoms with Crippen molar-refractivity contribution < 1.29 is 14.3 Å². The zero-order chi connectivity index (χ0) is 23.4. The zero-order valence-corrected chi connectivity index (χ0v) is 19.8. The molecule has 4 rings (SSSR count). The Balaban J connectivity index is 1.57. The minimum Gasteiger partial charge on any atom is -0.463 e. The van der Waals surface area contributed by atoms with E-state index in [1.54, 1.807) is 19.1 Å². The first-order valence-corrected chi connectivity index (χ1v) is 11.7. The molecule has 0 bridgehead atoms. The molecule has 2 amide bonds. The van der Waals surface area contributed by atoms with Crippen molar-refractivity contribution in [2.75, 3.05) is 44.2 Å². The minimum atomic E-state index is -0.686. The lowest BCUT2D eigenvalue weighted by molar-refractivity contribution is -0.139. The van der Waals surface area contributed by atoms with E-state index in [4.69, 9.17) is 27.9 Å². The lowest BCUT2D eigenvalue weighted by atomic mass is 9.94. The van der Waals surface area contributed by atoms with Crippen molar-refractivity contribution in [3.8, 4) is 0 Å². The number of amides is 2. The van der Waals surface area contributed by atoms with Gasteiger partial charge in [-0.3, -0.25) is 4.90 Å². The van der Waals surface area contributed by atoms with E-state index in [0.717, 1.165) is 31.9 Å². The summed E-state index contributed by atoms with van der Waals surface area (Å²) < 4.78 is 5.34. The lowest BCUT2D eigenvalue weighted by Gasteiger charge is -2.38. The second-order valence-electron chi connectivity index (χ2n) is 7.91. The Bertz CT molecular complexity index is 1070. The molecule has 2 aromatic carbocycles. The van der Waals surface area contributed by atoms with Crippen molar-refractivity contribution in [1.29, 1.82) is 0 Å². The number of carbonyl (C=O) groups excluding carboxylic acids is 2. The van der Waals surface area contributed by atoms with Crippen molar-refractivity contribution in [3.63, 3.8) is 0 Å². The number of esters is 1. The van der Waals surface area contributed by atoms with Gasteiger partial charge in [-0.15, -0.1) is 0 Å². The number of anilines is 1. The van der Waals surface area contributed by atoms with Gasteiger partial charge in [0.25, 0.3) is 0 Å². The highest BCUT2D eigenvalue weighted by atomic mass is 35.5. The molecule has 1 atom stereocenters. The van der Waals surface area contributed by atoms with Crippen LogP contribution < -0.4 is 15.5 Å². The van der Waals surface area contributed by atoms with Crippen LogP contribution in [0.15, 0.2) is 59.8 Å². The third-order valence-electron chi connectivity index (χ3n) is 5.79. The van der Waals surface area contributed by atoms with Gasteiger partial charge in [0.15, 0.2) is 0 Å². The van der Waals surface area contributed by atoms with Gasteiger partial charge in [-0.2, -0.15) is 0 Å². The molecule has 9 heteroatoms. The van der Waals surface area contributed by atoms with Crippen LogP contribution in [-0.4, -0.2) is 56.2 Å². The van der Waals surface area contributed by atoms with Gasteiger partial charge in [-0.1, -0.05) is 47.5 Å². The van der Waals surface area contributed by atoms with Gasteiger partial charge >= 0.3 is 12.0 Å². The first-order valence-electron chi connectivity index (χ1n) is 10.9. The quantitative estimate of drug-likeness (QED) is 0.601.